The molecule has 0 saturated heterocycles. The van der Waals surface area contributed by atoms with Crippen molar-refractivity contribution in [2.45, 2.75) is 20.0 Å². The molecule has 0 saturated carbocycles. The molecule has 0 aliphatic heterocycles. The van der Waals surface area contributed by atoms with Crippen LogP contribution in [0, 0.1) is 6.92 Å². The number of carboxylic acids is 1. The Labute approximate surface area is 117 Å². The Morgan fingerprint density at radius 1 is 1.45 bits per heavy atom. The number of aliphatic carboxylic acids is 1. The van der Waals surface area contributed by atoms with E-state index in [1.54, 1.807) is 4.57 Å². The molecule has 0 atom stereocenters. The molecule has 0 amide bonds. The predicted octanol–water partition coefficient (Wildman–Crippen LogP) is 0.853. The number of imidazole rings is 1. The number of aromatic nitrogens is 2. The van der Waals surface area contributed by atoms with E-state index in [2.05, 4.69) is 4.98 Å². The first-order valence-electron chi connectivity index (χ1n) is 6.48. The third kappa shape index (κ3) is 3.15. The van der Waals surface area contributed by atoms with Crippen molar-refractivity contribution in [1.82, 2.24) is 14.5 Å². The standard InChI is InChI=1S/C14H19N3O3/c1-10-3-4-12-11(7-10)15-13(8-16(2)5-6-18)17(12)9-14(19)20/h3-4,7,18H,5-6,8-9H2,1-2H3,(H,19,20). The molecule has 108 valence electrons. The van der Waals surface area contributed by atoms with Crippen molar-refractivity contribution in [3.8, 4) is 0 Å². The summed E-state index contributed by atoms with van der Waals surface area (Å²) in [6.45, 7) is 2.96. The Morgan fingerprint density at radius 2 is 2.20 bits per heavy atom. The summed E-state index contributed by atoms with van der Waals surface area (Å²) in [6.07, 6.45) is 0. The van der Waals surface area contributed by atoms with Crippen molar-refractivity contribution in [3.05, 3.63) is 29.6 Å². The molecule has 1 aromatic heterocycles. The molecule has 1 aromatic carbocycles. The molecule has 0 radical (unpaired) electrons. The van der Waals surface area contributed by atoms with E-state index in [1.165, 1.54) is 0 Å². The van der Waals surface area contributed by atoms with Gasteiger partial charge in [-0.25, -0.2) is 4.98 Å². The number of hydrogen-bond donors (Lipinski definition) is 2. The van der Waals surface area contributed by atoms with Crippen LogP contribution in [0.4, 0.5) is 0 Å². The van der Waals surface area contributed by atoms with Gasteiger partial charge in [0.05, 0.1) is 24.2 Å². The maximum atomic E-state index is 11.0. The molecular formula is C14H19N3O3. The lowest BCUT2D eigenvalue weighted by Gasteiger charge is -2.15. The SMILES string of the molecule is Cc1ccc2c(c1)nc(CN(C)CCO)n2CC(=O)O. The van der Waals surface area contributed by atoms with E-state index in [0.29, 0.717) is 18.9 Å². The average Bonchev–Trinajstić information content (AvgIpc) is 2.66. The second kappa shape index (κ2) is 6.02. The lowest BCUT2D eigenvalue weighted by atomic mass is 10.2. The molecule has 2 aromatic rings. The average molecular weight is 277 g/mol. The minimum absolute atomic E-state index is 0.0643. The van der Waals surface area contributed by atoms with Gasteiger partial charge in [-0.3, -0.25) is 9.69 Å². The number of benzene rings is 1. The van der Waals surface area contributed by atoms with Gasteiger partial charge in [-0.2, -0.15) is 0 Å². The van der Waals surface area contributed by atoms with E-state index < -0.39 is 5.97 Å². The van der Waals surface area contributed by atoms with Crippen molar-refractivity contribution >= 4 is 17.0 Å². The van der Waals surface area contributed by atoms with Gasteiger partial charge in [0.2, 0.25) is 0 Å². The number of nitrogens with zero attached hydrogens (tertiary/aromatic N) is 3. The fourth-order valence-corrected chi connectivity index (χ4v) is 2.21. The van der Waals surface area contributed by atoms with Crippen LogP contribution >= 0.6 is 0 Å². The highest BCUT2D eigenvalue weighted by atomic mass is 16.4. The highest BCUT2D eigenvalue weighted by molar-refractivity contribution is 5.79. The van der Waals surface area contributed by atoms with E-state index in [1.807, 2.05) is 37.1 Å². The van der Waals surface area contributed by atoms with Gasteiger partial charge in [0.25, 0.3) is 0 Å². The van der Waals surface area contributed by atoms with Crippen LogP contribution in [-0.4, -0.2) is 50.8 Å². The van der Waals surface area contributed by atoms with Crippen molar-refractivity contribution in [1.29, 1.82) is 0 Å². The third-order valence-corrected chi connectivity index (χ3v) is 3.17. The first-order chi connectivity index (χ1) is 9.51. The van der Waals surface area contributed by atoms with Crippen LogP contribution in [-0.2, 0) is 17.9 Å². The molecule has 0 aliphatic rings. The normalized spacial score (nSPS) is 11.4. The number of aliphatic hydroxyl groups excluding tert-OH is 1. The Kier molecular flexibility index (Phi) is 4.36. The van der Waals surface area contributed by atoms with Gasteiger partial charge >= 0.3 is 5.97 Å². The van der Waals surface area contributed by atoms with Crippen LogP contribution in [0.2, 0.25) is 0 Å². The molecule has 0 spiro atoms. The topological polar surface area (TPSA) is 78.6 Å². The van der Waals surface area contributed by atoms with E-state index in [9.17, 15) is 4.79 Å². The quantitative estimate of drug-likeness (QED) is 0.818. The van der Waals surface area contributed by atoms with Crippen molar-refractivity contribution in [2.75, 3.05) is 20.2 Å². The van der Waals surface area contributed by atoms with Crippen molar-refractivity contribution in [2.24, 2.45) is 0 Å². The maximum Gasteiger partial charge on any atom is 0.323 e. The van der Waals surface area contributed by atoms with Gasteiger partial charge in [-0.05, 0) is 31.7 Å². The van der Waals surface area contributed by atoms with Crippen molar-refractivity contribution < 1.29 is 15.0 Å². The first kappa shape index (κ1) is 14.5. The minimum atomic E-state index is -0.893. The lowest BCUT2D eigenvalue weighted by Crippen LogP contribution is -2.24. The Morgan fingerprint density at radius 3 is 2.85 bits per heavy atom. The summed E-state index contributed by atoms with van der Waals surface area (Å²) in [5.74, 6) is -0.195. The number of likely N-dealkylation sites (N-methyl/N-ethyl adjacent to an activating group) is 1. The van der Waals surface area contributed by atoms with Gasteiger partial charge in [-0.15, -0.1) is 0 Å². The zero-order chi connectivity index (χ0) is 14.7. The fourth-order valence-electron chi connectivity index (χ4n) is 2.21. The van der Waals surface area contributed by atoms with Crippen LogP contribution in [0.25, 0.3) is 11.0 Å². The second-order valence-electron chi connectivity index (χ2n) is 4.96. The zero-order valence-electron chi connectivity index (χ0n) is 11.7. The molecule has 20 heavy (non-hydrogen) atoms. The van der Waals surface area contributed by atoms with E-state index in [0.717, 1.165) is 16.6 Å². The predicted molar refractivity (Wildman–Crippen MR) is 75.5 cm³/mol. The number of fused-ring (bicyclic) bond motifs is 1. The monoisotopic (exact) mass is 277 g/mol. The molecule has 1 heterocycles. The van der Waals surface area contributed by atoms with Gasteiger partial charge in [0.15, 0.2) is 0 Å². The summed E-state index contributed by atoms with van der Waals surface area (Å²) in [5.41, 5.74) is 2.72. The van der Waals surface area contributed by atoms with E-state index >= 15 is 0 Å². The summed E-state index contributed by atoms with van der Waals surface area (Å²) in [5, 5.41) is 18.0. The van der Waals surface area contributed by atoms with Crippen LogP contribution < -0.4 is 0 Å². The van der Waals surface area contributed by atoms with Crippen LogP contribution in [0.15, 0.2) is 18.2 Å². The number of carbonyl (C=O) groups is 1. The molecule has 0 fully saturated rings. The number of hydrogen-bond acceptors (Lipinski definition) is 4. The molecule has 6 heteroatoms. The lowest BCUT2D eigenvalue weighted by molar-refractivity contribution is -0.137. The molecular weight excluding hydrogens is 258 g/mol. The molecule has 2 rings (SSSR count). The van der Waals surface area contributed by atoms with Crippen LogP contribution in [0.1, 0.15) is 11.4 Å². The zero-order valence-corrected chi connectivity index (χ0v) is 11.7. The summed E-state index contributed by atoms with van der Waals surface area (Å²) >= 11 is 0. The molecule has 0 aliphatic carbocycles. The van der Waals surface area contributed by atoms with Gasteiger partial charge in [0, 0.05) is 6.54 Å². The van der Waals surface area contributed by atoms with E-state index in [-0.39, 0.29) is 13.2 Å². The largest absolute Gasteiger partial charge is 0.480 e. The third-order valence-electron chi connectivity index (χ3n) is 3.17. The molecule has 0 unspecified atom stereocenters. The summed E-state index contributed by atoms with van der Waals surface area (Å²) in [4.78, 5) is 17.5. The summed E-state index contributed by atoms with van der Waals surface area (Å²) in [6, 6.07) is 5.79. The highest BCUT2D eigenvalue weighted by Crippen LogP contribution is 2.18. The van der Waals surface area contributed by atoms with Gasteiger partial charge in [-0.1, -0.05) is 6.07 Å². The Hall–Kier alpha value is -1.92. The highest BCUT2D eigenvalue weighted by Gasteiger charge is 2.14. The number of rotatable bonds is 6. The maximum absolute atomic E-state index is 11.0. The fraction of sp³-hybridized carbons (Fsp3) is 0.429. The van der Waals surface area contributed by atoms with Crippen LogP contribution in [0.5, 0.6) is 0 Å². The Balaban J connectivity index is 2.42. The van der Waals surface area contributed by atoms with Gasteiger partial charge in [0.1, 0.15) is 12.4 Å². The molecule has 2 N–H and O–H groups in total. The van der Waals surface area contributed by atoms with E-state index in [4.69, 9.17) is 10.2 Å². The summed E-state index contributed by atoms with van der Waals surface area (Å²) < 4.78 is 1.71. The Bertz CT molecular complexity index is 621. The first-order valence-corrected chi connectivity index (χ1v) is 6.48. The minimum Gasteiger partial charge on any atom is -0.480 e. The smallest absolute Gasteiger partial charge is 0.323 e. The summed E-state index contributed by atoms with van der Waals surface area (Å²) in [7, 11) is 1.87. The molecule has 6 nitrogen and oxygen atoms in total. The number of aliphatic hydroxyl groups is 1. The second-order valence-corrected chi connectivity index (χ2v) is 4.96. The van der Waals surface area contributed by atoms with Crippen molar-refractivity contribution in [3.63, 3.8) is 0 Å². The van der Waals surface area contributed by atoms with Crippen LogP contribution in [0.3, 0.4) is 0 Å². The van der Waals surface area contributed by atoms with Gasteiger partial charge < -0.3 is 14.8 Å². The number of carboxylic acid groups (broad SMARTS) is 1. The number of aryl methyl sites for hydroxylation is 1. The molecule has 0 bridgehead atoms.